The molecule has 1 aromatic heterocycles. The molecule has 0 aliphatic carbocycles. The summed E-state index contributed by atoms with van der Waals surface area (Å²) in [4.78, 5) is 5.67. The Bertz CT molecular complexity index is 734. The predicted octanol–water partition coefficient (Wildman–Crippen LogP) is 2.69. The van der Waals surface area contributed by atoms with Crippen LogP contribution in [0.4, 0.5) is 14.6 Å². The van der Waals surface area contributed by atoms with Crippen molar-refractivity contribution < 1.29 is 14.0 Å². The van der Waals surface area contributed by atoms with Crippen molar-refractivity contribution >= 4 is 11.7 Å². The molecule has 1 aliphatic rings. The molecule has 7 heteroatoms. The van der Waals surface area contributed by atoms with Gasteiger partial charge in [-0.2, -0.15) is 0 Å². The number of oxime groups is 1. The lowest BCUT2D eigenvalue weighted by atomic mass is 10.00. The summed E-state index contributed by atoms with van der Waals surface area (Å²) in [5, 5.41) is 12.2. The Labute approximate surface area is 132 Å². The number of pyridine rings is 1. The van der Waals surface area contributed by atoms with Gasteiger partial charge < -0.3 is 15.8 Å². The van der Waals surface area contributed by atoms with Crippen LogP contribution in [0.25, 0.3) is 11.1 Å². The van der Waals surface area contributed by atoms with Gasteiger partial charge in [0.2, 0.25) is 0 Å². The summed E-state index contributed by atoms with van der Waals surface area (Å²) < 4.78 is 27.1. The summed E-state index contributed by atoms with van der Waals surface area (Å²) in [6.45, 7) is -0.256. The highest BCUT2D eigenvalue weighted by atomic mass is 19.3. The van der Waals surface area contributed by atoms with Gasteiger partial charge in [-0.1, -0.05) is 35.5 Å². The first-order valence-electron chi connectivity index (χ1n) is 7.17. The van der Waals surface area contributed by atoms with Crippen LogP contribution in [0.15, 0.2) is 47.8 Å². The number of alkyl halides is 2. The monoisotopic (exact) mass is 318 g/mol. The number of aromatic nitrogens is 1. The lowest BCUT2D eigenvalue weighted by Crippen LogP contribution is -2.29. The quantitative estimate of drug-likeness (QED) is 0.395. The van der Waals surface area contributed by atoms with E-state index in [0.29, 0.717) is 16.9 Å². The van der Waals surface area contributed by atoms with Gasteiger partial charge in [-0.25, -0.2) is 13.8 Å². The summed E-state index contributed by atoms with van der Waals surface area (Å²) in [6.07, 6.45) is 1.31. The Hall–Kier alpha value is -2.70. The molecule has 1 saturated heterocycles. The van der Waals surface area contributed by atoms with E-state index in [1.807, 2.05) is 30.3 Å². The highest BCUT2D eigenvalue weighted by Gasteiger charge is 2.40. The minimum Gasteiger partial charge on any atom is -0.409 e. The maximum absolute atomic E-state index is 13.5. The Morgan fingerprint density at radius 3 is 2.61 bits per heavy atom. The summed E-state index contributed by atoms with van der Waals surface area (Å²) >= 11 is 0. The molecular weight excluding hydrogens is 302 g/mol. The van der Waals surface area contributed by atoms with E-state index >= 15 is 0 Å². The second-order valence-corrected chi connectivity index (χ2v) is 5.44. The van der Waals surface area contributed by atoms with Crippen LogP contribution in [0, 0.1) is 0 Å². The molecule has 0 atom stereocenters. The first kappa shape index (κ1) is 15.2. The van der Waals surface area contributed by atoms with Gasteiger partial charge in [0.15, 0.2) is 5.84 Å². The van der Waals surface area contributed by atoms with Crippen molar-refractivity contribution in [3.63, 3.8) is 0 Å². The van der Waals surface area contributed by atoms with E-state index in [1.165, 1.54) is 4.90 Å². The maximum atomic E-state index is 13.5. The average Bonchev–Trinajstić information content (AvgIpc) is 2.94. The van der Waals surface area contributed by atoms with E-state index in [9.17, 15) is 8.78 Å². The topological polar surface area (TPSA) is 74.7 Å². The van der Waals surface area contributed by atoms with E-state index in [4.69, 9.17) is 10.9 Å². The third-order valence-electron chi connectivity index (χ3n) is 3.85. The van der Waals surface area contributed by atoms with E-state index in [-0.39, 0.29) is 18.8 Å². The van der Waals surface area contributed by atoms with Gasteiger partial charge in [0.05, 0.1) is 12.1 Å². The van der Waals surface area contributed by atoms with Crippen LogP contribution in [0.2, 0.25) is 0 Å². The van der Waals surface area contributed by atoms with Crippen molar-refractivity contribution in [2.45, 2.75) is 12.3 Å². The molecule has 5 nitrogen and oxygen atoms in total. The number of anilines is 1. The van der Waals surface area contributed by atoms with Crippen molar-refractivity contribution in [2.24, 2.45) is 10.9 Å². The fourth-order valence-corrected chi connectivity index (χ4v) is 2.77. The van der Waals surface area contributed by atoms with E-state index in [2.05, 4.69) is 10.1 Å². The molecule has 0 radical (unpaired) electrons. The Morgan fingerprint density at radius 1 is 1.26 bits per heavy atom. The van der Waals surface area contributed by atoms with Crippen molar-refractivity contribution in [1.82, 2.24) is 4.98 Å². The van der Waals surface area contributed by atoms with E-state index in [1.54, 1.807) is 12.3 Å². The summed E-state index contributed by atoms with van der Waals surface area (Å²) in [5.74, 6) is -2.60. The summed E-state index contributed by atoms with van der Waals surface area (Å²) in [7, 11) is 0. The molecule has 23 heavy (non-hydrogen) atoms. The molecule has 3 N–H and O–H groups in total. The van der Waals surface area contributed by atoms with Crippen LogP contribution in [-0.2, 0) is 0 Å². The largest absolute Gasteiger partial charge is 0.409 e. The fourth-order valence-electron chi connectivity index (χ4n) is 2.77. The normalized spacial score (nSPS) is 17.5. The van der Waals surface area contributed by atoms with Gasteiger partial charge in [-0.15, -0.1) is 0 Å². The average molecular weight is 318 g/mol. The molecule has 0 bridgehead atoms. The predicted molar refractivity (Wildman–Crippen MR) is 84.0 cm³/mol. The lowest BCUT2D eigenvalue weighted by Gasteiger charge is -2.22. The van der Waals surface area contributed by atoms with Crippen LogP contribution >= 0.6 is 0 Å². The SMILES string of the molecule is N/C(=N\O)c1c(-c2ccccc2)ccnc1N1CCC(F)(F)C1. The van der Waals surface area contributed by atoms with Crippen LogP contribution in [0.1, 0.15) is 12.0 Å². The minimum absolute atomic E-state index is 0.151. The second kappa shape index (κ2) is 5.83. The number of rotatable bonds is 3. The Balaban J connectivity index is 2.14. The van der Waals surface area contributed by atoms with E-state index in [0.717, 1.165) is 5.56 Å². The Kier molecular flexibility index (Phi) is 3.85. The van der Waals surface area contributed by atoms with Crippen LogP contribution in [0.3, 0.4) is 0 Å². The molecule has 1 aromatic carbocycles. The molecule has 3 rings (SSSR count). The van der Waals surface area contributed by atoms with Gasteiger partial charge in [0.1, 0.15) is 5.82 Å². The number of nitrogens with two attached hydrogens (primary N) is 1. The van der Waals surface area contributed by atoms with Gasteiger partial charge in [0.25, 0.3) is 5.92 Å². The highest BCUT2D eigenvalue weighted by Crippen LogP contribution is 2.35. The molecule has 120 valence electrons. The minimum atomic E-state index is -2.76. The molecule has 0 amide bonds. The van der Waals surface area contributed by atoms with Gasteiger partial charge in [-0.05, 0) is 17.2 Å². The highest BCUT2D eigenvalue weighted by molar-refractivity contribution is 6.07. The van der Waals surface area contributed by atoms with Crippen LogP contribution in [-0.4, -0.2) is 35.0 Å². The molecule has 2 heterocycles. The Morgan fingerprint density at radius 2 is 2.00 bits per heavy atom. The molecule has 0 unspecified atom stereocenters. The van der Waals surface area contributed by atoms with Gasteiger partial charge in [0, 0.05) is 19.2 Å². The standard InChI is InChI=1S/C16H16F2N4O/c17-16(18)7-9-22(10-16)15-13(14(19)21-23)12(6-8-20-15)11-4-2-1-3-5-11/h1-6,8,23H,7,9-10H2,(H2,19,21). The van der Waals surface area contributed by atoms with E-state index < -0.39 is 12.5 Å². The van der Waals surface area contributed by atoms with Crippen molar-refractivity contribution in [1.29, 1.82) is 0 Å². The first-order chi connectivity index (χ1) is 11.0. The number of benzene rings is 1. The van der Waals surface area contributed by atoms with Gasteiger partial charge in [-0.3, -0.25) is 0 Å². The second-order valence-electron chi connectivity index (χ2n) is 5.44. The first-order valence-corrected chi connectivity index (χ1v) is 7.17. The molecule has 1 aliphatic heterocycles. The molecule has 0 saturated carbocycles. The van der Waals surface area contributed by atoms with Crippen LogP contribution < -0.4 is 10.6 Å². The van der Waals surface area contributed by atoms with Crippen molar-refractivity contribution in [2.75, 3.05) is 18.0 Å². The lowest BCUT2D eigenvalue weighted by molar-refractivity contribution is 0.0256. The zero-order valence-corrected chi connectivity index (χ0v) is 12.3. The molecule has 2 aromatic rings. The smallest absolute Gasteiger partial charge is 0.266 e. The molecule has 1 fully saturated rings. The fraction of sp³-hybridized carbons (Fsp3) is 0.250. The summed E-state index contributed by atoms with van der Waals surface area (Å²) in [6, 6.07) is 11.0. The number of nitrogens with zero attached hydrogens (tertiary/aromatic N) is 3. The summed E-state index contributed by atoms with van der Waals surface area (Å²) in [5.41, 5.74) is 7.69. The maximum Gasteiger partial charge on any atom is 0.266 e. The third kappa shape index (κ3) is 2.94. The number of amidine groups is 1. The molecule has 0 spiro atoms. The number of halogens is 2. The van der Waals surface area contributed by atoms with Crippen LogP contribution in [0.5, 0.6) is 0 Å². The number of hydrogen-bond donors (Lipinski definition) is 2. The third-order valence-corrected chi connectivity index (χ3v) is 3.85. The van der Waals surface area contributed by atoms with Crippen molar-refractivity contribution in [3.05, 3.63) is 48.2 Å². The zero-order valence-electron chi connectivity index (χ0n) is 12.3. The number of hydrogen-bond acceptors (Lipinski definition) is 4. The molecular formula is C16H16F2N4O. The van der Waals surface area contributed by atoms with Crippen molar-refractivity contribution in [3.8, 4) is 11.1 Å². The zero-order chi connectivity index (χ0) is 16.4. The van der Waals surface area contributed by atoms with Gasteiger partial charge >= 0.3 is 0 Å².